The van der Waals surface area contributed by atoms with Crippen LogP contribution >= 0.6 is 0 Å². The average Bonchev–Trinajstić information content (AvgIpc) is 2.10. The third-order valence-corrected chi connectivity index (χ3v) is 1.17. The van der Waals surface area contributed by atoms with Gasteiger partial charge in [0, 0.05) is 18.8 Å². The molecule has 0 amide bonds. The van der Waals surface area contributed by atoms with Gasteiger partial charge in [0.15, 0.2) is 0 Å². The first-order chi connectivity index (χ1) is 5.85. The number of allylic oxidation sites excluding steroid dienone is 4. The van der Waals surface area contributed by atoms with Gasteiger partial charge in [-0.25, -0.2) is 0 Å². The molecule has 0 radical (unpaired) electrons. The molecule has 0 aromatic heterocycles. The van der Waals surface area contributed by atoms with E-state index in [2.05, 4.69) is 30.3 Å². The maximum Gasteiger partial charge on any atom is 0.0359 e. The minimum absolute atomic E-state index is 0.972. The van der Waals surface area contributed by atoms with E-state index in [1.165, 1.54) is 0 Å². The number of aliphatic imine (C=N–C) groups is 1. The lowest BCUT2D eigenvalue weighted by atomic mass is 10.2. The summed E-state index contributed by atoms with van der Waals surface area (Å²) in [5.74, 6) is 0. The molecule has 0 spiro atoms. The molecule has 0 heterocycles. The van der Waals surface area contributed by atoms with E-state index in [0.29, 0.717) is 0 Å². The van der Waals surface area contributed by atoms with E-state index >= 15 is 0 Å². The highest BCUT2D eigenvalue weighted by Gasteiger charge is 1.80. The number of nitrogens with zero attached hydrogens (tertiary/aromatic N) is 1. The highest BCUT2D eigenvalue weighted by atomic mass is 14.6. The van der Waals surface area contributed by atoms with Crippen molar-refractivity contribution < 1.29 is 0 Å². The Labute approximate surface area is 74.5 Å². The number of hydrogen-bond acceptors (Lipinski definition) is 1. The van der Waals surface area contributed by atoms with Crippen molar-refractivity contribution in [3.63, 3.8) is 0 Å². The molecule has 0 fully saturated rings. The lowest BCUT2D eigenvalue weighted by molar-refractivity contribution is 1.22. The zero-order valence-corrected chi connectivity index (χ0v) is 7.75. The Balaban J connectivity index is 4.54. The first kappa shape index (κ1) is 10.7. The molecule has 0 N–H and O–H groups in total. The predicted octanol–water partition coefficient (Wildman–Crippen LogP) is 2.92. The molecule has 1 heteroatoms. The highest BCUT2D eigenvalue weighted by Crippen LogP contribution is 1.92. The van der Waals surface area contributed by atoms with Crippen molar-refractivity contribution in [1.82, 2.24) is 0 Å². The molecular weight excluding hydrogens is 146 g/mol. The van der Waals surface area contributed by atoms with Crippen LogP contribution in [0, 0.1) is 0 Å². The summed E-state index contributed by atoms with van der Waals surface area (Å²) in [6.45, 7) is 5.66. The topological polar surface area (TPSA) is 12.4 Å². The van der Waals surface area contributed by atoms with Gasteiger partial charge in [0.05, 0.1) is 0 Å². The van der Waals surface area contributed by atoms with E-state index in [0.717, 1.165) is 12.0 Å². The Morgan fingerprint density at radius 3 is 2.83 bits per heavy atom. The molecule has 0 aliphatic heterocycles. The highest BCUT2D eigenvalue weighted by molar-refractivity contribution is 5.81. The fourth-order valence-electron chi connectivity index (χ4n) is 0.667. The van der Waals surface area contributed by atoms with Crippen LogP contribution in [-0.4, -0.2) is 13.3 Å². The number of rotatable bonds is 4. The smallest absolute Gasteiger partial charge is 0.0359 e. The molecule has 0 bridgehead atoms. The second-order valence-electron chi connectivity index (χ2n) is 2.20. The van der Waals surface area contributed by atoms with E-state index in [4.69, 9.17) is 0 Å². The molecule has 0 saturated carbocycles. The summed E-state index contributed by atoms with van der Waals surface area (Å²) in [6.07, 6.45) is 10.3. The molecular formula is C11H15N. The lowest BCUT2D eigenvalue weighted by Crippen LogP contribution is -1.76. The molecule has 0 aliphatic rings. The second-order valence-corrected chi connectivity index (χ2v) is 2.20. The SMILES string of the molecule is C=CC=C=C(C=NC)/C=C\CC. The Kier molecular flexibility index (Phi) is 6.91. The minimum Gasteiger partial charge on any atom is -0.295 e. The Morgan fingerprint density at radius 2 is 2.33 bits per heavy atom. The van der Waals surface area contributed by atoms with Crippen LogP contribution in [0.5, 0.6) is 0 Å². The Hall–Kier alpha value is -1.33. The summed E-state index contributed by atoms with van der Waals surface area (Å²) in [5.41, 5.74) is 4.01. The standard InChI is InChI=1S/C11H15N/c1-4-6-8-11(10-12-3)9-7-5-2/h4,6-7,9-10H,1,5H2,2-3H3/b9-7-,12-10?. The van der Waals surface area contributed by atoms with Crippen LogP contribution in [0.25, 0.3) is 0 Å². The molecule has 0 saturated heterocycles. The maximum atomic E-state index is 3.91. The molecule has 0 aromatic rings. The summed E-state index contributed by atoms with van der Waals surface area (Å²) in [6, 6.07) is 0. The largest absolute Gasteiger partial charge is 0.295 e. The van der Waals surface area contributed by atoms with Crippen molar-refractivity contribution in [2.75, 3.05) is 7.05 Å². The molecule has 0 unspecified atom stereocenters. The summed E-state index contributed by atoms with van der Waals surface area (Å²) in [5, 5.41) is 0. The third-order valence-electron chi connectivity index (χ3n) is 1.17. The van der Waals surface area contributed by atoms with Crippen molar-refractivity contribution in [2.24, 2.45) is 4.99 Å². The van der Waals surface area contributed by atoms with Crippen LogP contribution in [0.15, 0.2) is 47.2 Å². The zero-order chi connectivity index (χ0) is 9.23. The van der Waals surface area contributed by atoms with Gasteiger partial charge in [0.2, 0.25) is 0 Å². The fourth-order valence-corrected chi connectivity index (χ4v) is 0.667. The number of hydrogen-bond donors (Lipinski definition) is 0. The van der Waals surface area contributed by atoms with Gasteiger partial charge in [0.1, 0.15) is 0 Å². The minimum atomic E-state index is 0.972. The van der Waals surface area contributed by atoms with Gasteiger partial charge < -0.3 is 0 Å². The van der Waals surface area contributed by atoms with Gasteiger partial charge in [-0.05, 0) is 18.6 Å². The van der Waals surface area contributed by atoms with Gasteiger partial charge in [0.25, 0.3) is 0 Å². The average molecular weight is 161 g/mol. The van der Waals surface area contributed by atoms with Crippen LogP contribution in [0.3, 0.4) is 0 Å². The quantitative estimate of drug-likeness (QED) is 0.341. The molecule has 64 valence electrons. The van der Waals surface area contributed by atoms with Gasteiger partial charge in [-0.1, -0.05) is 25.7 Å². The Bertz CT molecular complexity index is 238. The van der Waals surface area contributed by atoms with Crippen molar-refractivity contribution >= 4 is 6.21 Å². The molecule has 0 aliphatic carbocycles. The van der Waals surface area contributed by atoms with E-state index in [1.807, 2.05) is 6.08 Å². The van der Waals surface area contributed by atoms with Gasteiger partial charge in [-0.3, -0.25) is 4.99 Å². The second kappa shape index (κ2) is 7.77. The molecule has 0 rings (SSSR count). The van der Waals surface area contributed by atoms with E-state index in [9.17, 15) is 0 Å². The summed E-state index contributed by atoms with van der Waals surface area (Å²) in [7, 11) is 1.75. The van der Waals surface area contributed by atoms with Crippen LogP contribution < -0.4 is 0 Å². The van der Waals surface area contributed by atoms with Crippen LogP contribution in [0.1, 0.15) is 13.3 Å². The van der Waals surface area contributed by atoms with Crippen molar-refractivity contribution in [3.8, 4) is 0 Å². The maximum absolute atomic E-state index is 3.91. The molecule has 12 heavy (non-hydrogen) atoms. The first-order valence-electron chi connectivity index (χ1n) is 4.01. The van der Waals surface area contributed by atoms with Gasteiger partial charge in [-0.2, -0.15) is 0 Å². The van der Waals surface area contributed by atoms with E-state index in [-0.39, 0.29) is 0 Å². The summed E-state index contributed by atoms with van der Waals surface area (Å²) < 4.78 is 0. The fraction of sp³-hybridized carbons (Fsp3) is 0.273. The third kappa shape index (κ3) is 5.45. The van der Waals surface area contributed by atoms with Crippen molar-refractivity contribution in [3.05, 3.63) is 42.2 Å². The lowest BCUT2D eigenvalue weighted by Gasteiger charge is -1.85. The van der Waals surface area contributed by atoms with Crippen LogP contribution in [0.4, 0.5) is 0 Å². The van der Waals surface area contributed by atoms with Crippen molar-refractivity contribution in [1.29, 1.82) is 0 Å². The van der Waals surface area contributed by atoms with Gasteiger partial charge >= 0.3 is 0 Å². The van der Waals surface area contributed by atoms with Crippen molar-refractivity contribution in [2.45, 2.75) is 13.3 Å². The zero-order valence-electron chi connectivity index (χ0n) is 7.75. The van der Waals surface area contributed by atoms with Crippen LogP contribution in [0.2, 0.25) is 0 Å². The predicted molar refractivity (Wildman–Crippen MR) is 55.6 cm³/mol. The Morgan fingerprint density at radius 1 is 1.58 bits per heavy atom. The van der Waals surface area contributed by atoms with Gasteiger partial charge in [-0.15, -0.1) is 5.73 Å². The summed E-state index contributed by atoms with van der Waals surface area (Å²) in [4.78, 5) is 3.91. The van der Waals surface area contributed by atoms with Crippen LogP contribution in [-0.2, 0) is 0 Å². The van der Waals surface area contributed by atoms with E-state index < -0.39 is 0 Å². The molecule has 0 atom stereocenters. The molecule has 1 nitrogen and oxygen atoms in total. The normalized spacial score (nSPS) is 10.2. The van der Waals surface area contributed by atoms with E-state index in [1.54, 1.807) is 25.4 Å². The first-order valence-corrected chi connectivity index (χ1v) is 4.01. The summed E-state index contributed by atoms with van der Waals surface area (Å²) >= 11 is 0. The monoisotopic (exact) mass is 161 g/mol. The molecule has 0 aromatic carbocycles.